The van der Waals surface area contributed by atoms with E-state index < -0.39 is 10.0 Å². The van der Waals surface area contributed by atoms with Crippen LogP contribution in [0.2, 0.25) is 0 Å². The summed E-state index contributed by atoms with van der Waals surface area (Å²) in [5.41, 5.74) is 1.02. The Kier molecular flexibility index (Phi) is 6.33. The Morgan fingerprint density at radius 1 is 1.03 bits per heavy atom. The van der Waals surface area contributed by atoms with E-state index in [0.717, 1.165) is 36.2 Å². The molecule has 1 amide bonds. The number of rotatable bonds is 5. The summed E-state index contributed by atoms with van der Waals surface area (Å²) < 4.78 is 29.4. The average Bonchev–Trinajstić information content (AvgIpc) is 3.49. The summed E-state index contributed by atoms with van der Waals surface area (Å²) in [6.07, 6.45) is 5.42. The minimum Gasteiger partial charge on any atom is -0.342 e. The molecule has 0 bridgehead atoms. The van der Waals surface area contributed by atoms with Gasteiger partial charge in [-0.25, -0.2) is 18.1 Å². The number of thiazole rings is 1. The van der Waals surface area contributed by atoms with E-state index in [1.54, 1.807) is 28.8 Å². The first-order valence-electron chi connectivity index (χ1n) is 11.2. The van der Waals surface area contributed by atoms with E-state index in [9.17, 15) is 13.2 Å². The average molecular weight is 490 g/mol. The van der Waals surface area contributed by atoms with Crippen LogP contribution in [0.4, 0.5) is 0 Å². The van der Waals surface area contributed by atoms with Gasteiger partial charge in [0.05, 0.1) is 15.2 Å². The quantitative estimate of drug-likeness (QED) is 0.568. The first kappa shape index (κ1) is 22.0. The Morgan fingerprint density at radius 3 is 2.56 bits per heavy atom. The number of nitrogens with zero attached hydrogens (tertiary/aromatic N) is 2. The van der Waals surface area contributed by atoms with Crippen LogP contribution in [0, 0.1) is 5.92 Å². The van der Waals surface area contributed by atoms with E-state index >= 15 is 0 Å². The molecular formula is C23H27N3O3S3. The van der Waals surface area contributed by atoms with E-state index in [0.29, 0.717) is 30.1 Å². The van der Waals surface area contributed by atoms with Gasteiger partial charge >= 0.3 is 0 Å². The smallest absolute Gasteiger partial charge is 0.250 e. The monoisotopic (exact) mass is 489 g/mol. The van der Waals surface area contributed by atoms with Crippen molar-refractivity contribution in [1.82, 2.24) is 14.6 Å². The van der Waals surface area contributed by atoms with Crippen LogP contribution in [0.1, 0.15) is 49.5 Å². The van der Waals surface area contributed by atoms with Crippen LogP contribution < -0.4 is 4.72 Å². The number of amides is 1. The molecule has 3 aromatic rings. The molecule has 9 heteroatoms. The highest BCUT2D eigenvalue weighted by molar-refractivity contribution is 7.91. The van der Waals surface area contributed by atoms with Crippen molar-refractivity contribution in [3.63, 3.8) is 0 Å². The first-order chi connectivity index (χ1) is 15.5. The standard InChI is InChI=1S/C23H27N3O3S3/c27-23(26-13-11-16(12-14-26)25-32(28,29)21-10-5-15-30-21)18-7-2-1-6-17(18)22-24-19-8-3-4-9-20(19)31-22/h3-5,8-10,15-18,25H,1-2,6-7,11-14H2/t17-,18+/m1/s1. The number of likely N-dealkylation sites (tertiary alicyclic amines) is 1. The Bertz CT molecular complexity index is 1150. The summed E-state index contributed by atoms with van der Waals surface area (Å²) in [5, 5.41) is 2.85. The van der Waals surface area contributed by atoms with Gasteiger partial charge in [0.2, 0.25) is 15.9 Å². The van der Waals surface area contributed by atoms with Gasteiger partial charge in [0.25, 0.3) is 0 Å². The highest BCUT2D eigenvalue weighted by Crippen LogP contribution is 2.42. The third-order valence-corrected chi connectivity index (χ3v) is 10.7. The van der Waals surface area contributed by atoms with Gasteiger partial charge < -0.3 is 4.90 Å². The van der Waals surface area contributed by atoms with Crippen molar-refractivity contribution in [1.29, 1.82) is 0 Å². The molecule has 5 rings (SSSR count). The van der Waals surface area contributed by atoms with Gasteiger partial charge in [-0.3, -0.25) is 4.79 Å². The Morgan fingerprint density at radius 2 is 1.81 bits per heavy atom. The molecule has 2 atom stereocenters. The van der Waals surface area contributed by atoms with Gasteiger partial charge in [-0.1, -0.05) is 31.0 Å². The zero-order valence-corrected chi connectivity index (χ0v) is 20.2. The molecule has 2 aliphatic rings. The molecule has 170 valence electrons. The number of benzene rings is 1. The van der Waals surface area contributed by atoms with Gasteiger partial charge in [0.1, 0.15) is 4.21 Å². The van der Waals surface area contributed by atoms with E-state index in [1.165, 1.54) is 16.0 Å². The van der Waals surface area contributed by atoms with Crippen molar-refractivity contribution >= 4 is 48.8 Å². The number of carbonyl (C=O) groups is 1. The molecule has 1 aromatic carbocycles. The molecule has 1 aliphatic heterocycles. The van der Waals surface area contributed by atoms with E-state index in [4.69, 9.17) is 4.98 Å². The SMILES string of the molecule is O=C([C@H]1CCCC[C@H]1c1nc2ccccc2s1)N1CCC(NS(=O)(=O)c2cccs2)CC1. The van der Waals surface area contributed by atoms with Gasteiger partial charge in [-0.05, 0) is 49.3 Å². The maximum atomic E-state index is 13.5. The summed E-state index contributed by atoms with van der Waals surface area (Å²) in [6.45, 7) is 1.19. The number of hydrogen-bond donors (Lipinski definition) is 1. The van der Waals surface area contributed by atoms with E-state index in [1.807, 2.05) is 23.1 Å². The molecule has 3 heterocycles. The van der Waals surface area contributed by atoms with Gasteiger partial charge in [-0.15, -0.1) is 22.7 Å². The highest BCUT2D eigenvalue weighted by Gasteiger charge is 2.37. The lowest BCUT2D eigenvalue weighted by atomic mass is 9.78. The third kappa shape index (κ3) is 4.48. The second-order valence-electron chi connectivity index (χ2n) is 8.67. The lowest BCUT2D eigenvalue weighted by Crippen LogP contribution is -2.48. The second-order valence-corrected chi connectivity index (χ2v) is 12.6. The third-order valence-electron chi connectivity index (χ3n) is 6.60. The van der Waals surface area contributed by atoms with Crippen molar-refractivity contribution in [3.8, 4) is 0 Å². The molecule has 1 saturated heterocycles. The summed E-state index contributed by atoms with van der Waals surface area (Å²) in [5.74, 6) is 0.376. The summed E-state index contributed by atoms with van der Waals surface area (Å²) in [7, 11) is -3.47. The van der Waals surface area contributed by atoms with E-state index in [2.05, 4.69) is 10.8 Å². The number of sulfonamides is 1. The number of hydrogen-bond acceptors (Lipinski definition) is 6. The Hall–Kier alpha value is -1.81. The van der Waals surface area contributed by atoms with Gasteiger partial charge in [0.15, 0.2) is 0 Å². The van der Waals surface area contributed by atoms with Crippen molar-refractivity contribution in [2.24, 2.45) is 5.92 Å². The number of carbonyl (C=O) groups excluding carboxylic acids is 1. The molecule has 32 heavy (non-hydrogen) atoms. The van der Waals surface area contributed by atoms with Crippen LogP contribution in [0.3, 0.4) is 0 Å². The number of fused-ring (bicyclic) bond motifs is 1. The fourth-order valence-electron chi connectivity index (χ4n) is 4.92. The van der Waals surface area contributed by atoms with Crippen LogP contribution in [0.5, 0.6) is 0 Å². The first-order valence-corrected chi connectivity index (χ1v) is 14.4. The van der Waals surface area contributed by atoms with Gasteiger partial charge in [-0.2, -0.15) is 0 Å². The molecule has 6 nitrogen and oxygen atoms in total. The fourth-order valence-corrected chi connectivity index (χ4v) is 8.40. The molecule has 0 spiro atoms. The Balaban J connectivity index is 1.24. The number of piperidine rings is 1. The minimum atomic E-state index is -3.47. The molecular weight excluding hydrogens is 462 g/mol. The predicted octanol–water partition coefficient (Wildman–Crippen LogP) is 4.60. The summed E-state index contributed by atoms with van der Waals surface area (Å²) in [6, 6.07) is 11.4. The van der Waals surface area contributed by atoms with Crippen molar-refractivity contribution < 1.29 is 13.2 Å². The summed E-state index contributed by atoms with van der Waals surface area (Å²) in [4.78, 5) is 20.3. The zero-order valence-electron chi connectivity index (χ0n) is 17.8. The van der Waals surface area contributed by atoms with Crippen LogP contribution in [-0.4, -0.2) is 43.3 Å². The summed E-state index contributed by atoms with van der Waals surface area (Å²) >= 11 is 2.94. The van der Waals surface area contributed by atoms with Crippen LogP contribution in [0.15, 0.2) is 46.0 Å². The molecule has 1 aliphatic carbocycles. The molecule has 0 radical (unpaired) electrons. The number of para-hydroxylation sites is 1. The predicted molar refractivity (Wildman–Crippen MR) is 129 cm³/mol. The lowest BCUT2D eigenvalue weighted by molar-refractivity contribution is -0.138. The number of nitrogens with one attached hydrogen (secondary N) is 1. The van der Waals surface area contributed by atoms with Crippen LogP contribution >= 0.6 is 22.7 Å². The zero-order chi connectivity index (χ0) is 22.1. The maximum Gasteiger partial charge on any atom is 0.250 e. The molecule has 1 saturated carbocycles. The van der Waals surface area contributed by atoms with Gasteiger partial charge in [0, 0.05) is 31.0 Å². The fraction of sp³-hybridized carbons (Fsp3) is 0.478. The topological polar surface area (TPSA) is 79.4 Å². The molecule has 1 N–H and O–H groups in total. The second kappa shape index (κ2) is 9.21. The molecule has 2 fully saturated rings. The van der Waals surface area contributed by atoms with Crippen molar-refractivity contribution in [3.05, 3.63) is 46.8 Å². The minimum absolute atomic E-state index is 0.0244. The molecule has 0 unspecified atom stereocenters. The molecule has 2 aromatic heterocycles. The lowest BCUT2D eigenvalue weighted by Gasteiger charge is -2.37. The van der Waals surface area contributed by atoms with Crippen molar-refractivity contribution in [2.45, 2.75) is 54.7 Å². The maximum absolute atomic E-state index is 13.5. The normalized spacial score (nSPS) is 22.9. The highest BCUT2D eigenvalue weighted by atomic mass is 32.2. The Labute approximate surface area is 196 Å². The number of thiophene rings is 1. The number of aromatic nitrogens is 1. The largest absolute Gasteiger partial charge is 0.342 e. The van der Waals surface area contributed by atoms with Crippen LogP contribution in [-0.2, 0) is 14.8 Å². The van der Waals surface area contributed by atoms with Crippen LogP contribution in [0.25, 0.3) is 10.2 Å². The van der Waals surface area contributed by atoms with Crippen molar-refractivity contribution in [2.75, 3.05) is 13.1 Å². The van der Waals surface area contributed by atoms with E-state index in [-0.39, 0.29) is 23.8 Å².